The quantitative estimate of drug-likeness (QED) is 0.366. The average Bonchev–Trinajstić information content (AvgIpc) is 1.99. The van der Waals surface area contributed by atoms with Gasteiger partial charge >= 0.3 is 5.97 Å². The van der Waals surface area contributed by atoms with Crippen LogP contribution in [0.3, 0.4) is 0 Å². The number of hydrogen-bond acceptors (Lipinski definition) is 5. The summed E-state index contributed by atoms with van der Waals surface area (Å²) in [5, 5.41) is 35.2. The van der Waals surface area contributed by atoms with Crippen LogP contribution in [0.1, 0.15) is 6.42 Å². The highest BCUT2D eigenvalue weighted by Gasteiger charge is 2.38. The molecule has 0 saturated carbocycles. The van der Waals surface area contributed by atoms with Gasteiger partial charge in [-0.25, -0.2) is 4.79 Å². The van der Waals surface area contributed by atoms with E-state index in [2.05, 4.69) is 4.74 Å². The van der Waals surface area contributed by atoms with Crippen molar-refractivity contribution in [2.24, 2.45) is 0 Å². The molecule has 0 amide bonds. The molecule has 1 heterocycles. The Morgan fingerprint density at radius 3 is 2.33 bits per heavy atom. The minimum atomic E-state index is -1.63. The van der Waals surface area contributed by atoms with Crippen molar-refractivity contribution in [3.05, 3.63) is 0 Å². The molecule has 1 fully saturated rings. The van der Waals surface area contributed by atoms with Crippen LogP contribution in [0.2, 0.25) is 0 Å². The smallest absolute Gasteiger partial charge is 0.333 e. The molecule has 0 aliphatic carbocycles. The number of ether oxygens (including phenoxy) is 1. The lowest BCUT2D eigenvalue weighted by Gasteiger charge is -2.32. The van der Waals surface area contributed by atoms with Crippen LogP contribution >= 0.6 is 0 Å². The van der Waals surface area contributed by atoms with E-state index >= 15 is 0 Å². The van der Waals surface area contributed by atoms with Crippen LogP contribution < -0.4 is 0 Å². The first-order valence-electron chi connectivity index (χ1n) is 3.45. The predicted molar refractivity (Wildman–Crippen MR) is 35.1 cm³/mol. The summed E-state index contributed by atoms with van der Waals surface area (Å²) >= 11 is 0. The van der Waals surface area contributed by atoms with Crippen molar-refractivity contribution >= 4 is 5.97 Å². The first-order chi connectivity index (χ1) is 5.52. The lowest BCUT2D eigenvalue weighted by Crippen LogP contribution is -2.50. The molecule has 0 aromatic heterocycles. The molecule has 2 unspecified atom stereocenters. The molecule has 4 N–H and O–H groups in total. The second-order valence-corrected chi connectivity index (χ2v) is 2.65. The van der Waals surface area contributed by atoms with Gasteiger partial charge < -0.3 is 25.2 Å². The largest absolute Gasteiger partial charge is 0.479 e. The van der Waals surface area contributed by atoms with Crippen molar-refractivity contribution in [1.29, 1.82) is 0 Å². The zero-order chi connectivity index (χ0) is 9.30. The van der Waals surface area contributed by atoms with Gasteiger partial charge in [0.1, 0.15) is 6.10 Å². The summed E-state index contributed by atoms with van der Waals surface area (Å²) in [6.45, 7) is 0. The zero-order valence-electron chi connectivity index (χ0n) is 6.12. The highest BCUT2D eigenvalue weighted by molar-refractivity contribution is 5.72. The maximum atomic E-state index is 10.3. The minimum Gasteiger partial charge on any atom is -0.479 e. The van der Waals surface area contributed by atoms with Gasteiger partial charge in [-0.15, -0.1) is 0 Å². The fraction of sp³-hybridized carbons (Fsp3) is 0.833. The number of aliphatic hydroxyl groups excluding tert-OH is 3. The monoisotopic (exact) mass is 178 g/mol. The fourth-order valence-electron chi connectivity index (χ4n) is 1.01. The van der Waals surface area contributed by atoms with Gasteiger partial charge in [-0.2, -0.15) is 0 Å². The molecular weight excluding hydrogens is 168 g/mol. The molecule has 0 aromatic carbocycles. The topological polar surface area (TPSA) is 107 Å². The first-order valence-corrected chi connectivity index (χ1v) is 3.45. The Kier molecular flexibility index (Phi) is 2.63. The Labute approximate surface area is 68.0 Å². The van der Waals surface area contributed by atoms with Crippen LogP contribution in [0.4, 0.5) is 0 Å². The van der Waals surface area contributed by atoms with Gasteiger partial charge in [0.05, 0.1) is 6.10 Å². The van der Waals surface area contributed by atoms with E-state index in [1.807, 2.05) is 0 Å². The summed E-state index contributed by atoms with van der Waals surface area (Å²) in [4.78, 5) is 10.3. The fourth-order valence-corrected chi connectivity index (χ4v) is 1.01. The molecule has 12 heavy (non-hydrogen) atoms. The second-order valence-electron chi connectivity index (χ2n) is 2.65. The third-order valence-corrected chi connectivity index (χ3v) is 1.72. The molecule has 4 atom stereocenters. The van der Waals surface area contributed by atoms with Crippen molar-refractivity contribution in [3.63, 3.8) is 0 Å². The van der Waals surface area contributed by atoms with Crippen LogP contribution in [0.25, 0.3) is 0 Å². The average molecular weight is 178 g/mol. The van der Waals surface area contributed by atoms with Crippen LogP contribution in [-0.2, 0) is 9.53 Å². The van der Waals surface area contributed by atoms with Gasteiger partial charge in [0.25, 0.3) is 0 Å². The first kappa shape index (κ1) is 9.40. The van der Waals surface area contributed by atoms with E-state index in [1.165, 1.54) is 0 Å². The lowest BCUT2D eigenvalue weighted by molar-refractivity contribution is -0.248. The lowest BCUT2D eigenvalue weighted by atomic mass is 10.0. The number of aliphatic hydroxyl groups is 3. The Balaban J connectivity index is 2.59. The third kappa shape index (κ3) is 1.72. The van der Waals surface area contributed by atoms with Crippen molar-refractivity contribution in [1.82, 2.24) is 0 Å². The number of hydrogen-bond donors (Lipinski definition) is 4. The van der Waals surface area contributed by atoms with Gasteiger partial charge in [0.15, 0.2) is 12.4 Å². The molecular formula is C6H10O6. The molecule has 6 heteroatoms. The minimum absolute atomic E-state index is 0.215. The standard InChI is InChI=1S/C6H10O6/c7-2-1-3(5(9)10)12-6(11)4(2)8/h2-4,6-8,11H,1H2,(H,9,10)/t2?,3?,4-,6-/m1/s1. The molecule has 0 spiro atoms. The Morgan fingerprint density at radius 1 is 1.33 bits per heavy atom. The molecule has 1 saturated heterocycles. The van der Waals surface area contributed by atoms with E-state index in [-0.39, 0.29) is 6.42 Å². The SMILES string of the molecule is O=C(O)C1CC(O)[C@@H](O)[C@H](O)O1. The Morgan fingerprint density at radius 2 is 1.92 bits per heavy atom. The van der Waals surface area contributed by atoms with E-state index in [0.717, 1.165) is 0 Å². The van der Waals surface area contributed by atoms with Crippen LogP contribution in [0.15, 0.2) is 0 Å². The van der Waals surface area contributed by atoms with Gasteiger partial charge in [-0.05, 0) is 0 Å². The summed E-state index contributed by atoms with van der Waals surface area (Å²) < 4.78 is 4.48. The van der Waals surface area contributed by atoms with Gasteiger partial charge in [0, 0.05) is 6.42 Å². The highest BCUT2D eigenvalue weighted by Crippen LogP contribution is 2.18. The molecule has 6 nitrogen and oxygen atoms in total. The van der Waals surface area contributed by atoms with Gasteiger partial charge in [-0.1, -0.05) is 0 Å². The number of rotatable bonds is 1. The maximum absolute atomic E-state index is 10.3. The van der Waals surface area contributed by atoms with Gasteiger partial charge in [-0.3, -0.25) is 0 Å². The van der Waals surface area contributed by atoms with Crippen LogP contribution in [-0.4, -0.2) is 51.0 Å². The van der Waals surface area contributed by atoms with Gasteiger partial charge in [0.2, 0.25) is 0 Å². The van der Waals surface area contributed by atoms with E-state index in [4.69, 9.17) is 20.4 Å². The van der Waals surface area contributed by atoms with E-state index in [1.54, 1.807) is 0 Å². The maximum Gasteiger partial charge on any atom is 0.333 e. The van der Waals surface area contributed by atoms with Crippen molar-refractivity contribution < 1.29 is 30.0 Å². The molecule has 1 rings (SSSR count). The van der Waals surface area contributed by atoms with Crippen molar-refractivity contribution in [3.8, 4) is 0 Å². The third-order valence-electron chi connectivity index (χ3n) is 1.72. The summed E-state index contributed by atoms with van der Waals surface area (Å²) in [6.07, 6.45) is -5.78. The number of carbonyl (C=O) groups is 1. The van der Waals surface area contributed by atoms with Crippen molar-refractivity contribution in [2.45, 2.75) is 31.0 Å². The van der Waals surface area contributed by atoms with Crippen molar-refractivity contribution in [2.75, 3.05) is 0 Å². The van der Waals surface area contributed by atoms with Crippen LogP contribution in [0, 0.1) is 0 Å². The van der Waals surface area contributed by atoms with E-state index in [9.17, 15) is 4.79 Å². The summed E-state index contributed by atoms with van der Waals surface area (Å²) in [5.74, 6) is -1.26. The normalized spacial score (nSPS) is 42.6. The summed E-state index contributed by atoms with van der Waals surface area (Å²) in [6, 6.07) is 0. The predicted octanol–water partition coefficient (Wildman–Crippen LogP) is -2.10. The second kappa shape index (κ2) is 3.36. The van der Waals surface area contributed by atoms with E-state index in [0.29, 0.717) is 0 Å². The van der Waals surface area contributed by atoms with E-state index < -0.39 is 30.6 Å². The molecule has 0 bridgehead atoms. The highest BCUT2D eigenvalue weighted by atomic mass is 16.6. The summed E-state index contributed by atoms with van der Waals surface area (Å²) in [5.41, 5.74) is 0. The molecule has 70 valence electrons. The number of carboxylic acids is 1. The Hall–Kier alpha value is -0.690. The van der Waals surface area contributed by atoms with Crippen LogP contribution in [0.5, 0.6) is 0 Å². The molecule has 0 radical (unpaired) electrons. The number of carboxylic acid groups (broad SMARTS) is 1. The molecule has 1 aliphatic rings. The molecule has 0 aromatic rings. The molecule has 1 aliphatic heterocycles. The zero-order valence-corrected chi connectivity index (χ0v) is 6.12. The summed E-state index contributed by atoms with van der Waals surface area (Å²) in [7, 11) is 0. The Bertz CT molecular complexity index is 169. The number of aliphatic carboxylic acids is 1.